The predicted molar refractivity (Wildman–Crippen MR) is 90.4 cm³/mol. The fourth-order valence-electron chi connectivity index (χ4n) is 3.06. The van der Waals surface area contributed by atoms with Gasteiger partial charge in [-0.05, 0) is 52.9 Å². The Hall–Kier alpha value is -0.630. The number of benzene rings is 1. The quantitative estimate of drug-likeness (QED) is 0.809. The van der Waals surface area contributed by atoms with Crippen molar-refractivity contribution < 1.29 is 13.2 Å². The van der Waals surface area contributed by atoms with Crippen molar-refractivity contribution in [3.63, 3.8) is 0 Å². The Balaban J connectivity index is 2.34. The van der Waals surface area contributed by atoms with Crippen molar-refractivity contribution in [3.8, 4) is 5.75 Å². The Kier molecular flexibility index (Phi) is 5.53. The highest BCUT2D eigenvalue weighted by Crippen LogP contribution is 2.35. The summed E-state index contributed by atoms with van der Waals surface area (Å²) in [5, 5.41) is 0. The molecule has 0 bridgehead atoms. The summed E-state index contributed by atoms with van der Waals surface area (Å²) in [7, 11) is -2.11. The molecule has 124 valence electrons. The normalized spacial score (nSPS) is 25.9. The molecular weight excluding hydrogens is 368 g/mol. The molecule has 2 atom stereocenters. The second kappa shape index (κ2) is 6.86. The van der Waals surface area contributed by atoms with E-state index in [0.29, 0.717) is 16.8 Å². The number of rotatable bonds is 5. The lowest BCUT2D eigenvalue weighted by Crippen LogP contribution is -2.58. The largest absolute Gasteiger partial charge is 0.497 e. The van der Waals surface area contributed by atoms with Crippen LogP contribution in [0.4, 0.5) is 0 Å². The van der Waals surface area contributed by atoms with Crippen LogP contribution >= 0.6 is 15.9 Å². The monoisotopic (exact) mass is 390 g/mol. The molecule has 2 rings (SSSR count). The first-order chi connectivity index (χ1) is 10.3. The smallest absolute Gasteiger partial charge is 0.242 e. The van der Waals surface area contributed by atoms with Gasteiger partial charge in [0, 0.05) is 16.6 Å². The minimum absolute atomic E-state index is 0.207. The van der Waals surface area contributed by atoms with Gasteiger partial charge in [-0.2, -0.15) is 0 Å². The summed E-state index contributed by atoms with van der Waals surface area (Å²) in [6.07, 6.45) is 3.88. The Labute approximate surface area is 140 Å². The van der Waals surface area contributed by atoms with Gasteiger partial charge in [0.15, 0.2) is 0 Å². The van der Waals surface area contributed by atoms with Crippen molar-refractivity contribution in [2.75, 3.05) is 13.7 Å². The molecular formula is C15H23BrN2O3S. The minimum atomic E-state index is -3.65. The van der Waals surface area contributed by atoms with Crippen molar-refractivity contribution in [1.82, 2.24) is 4.72 Å². The first-order valence-corrected chi connectivity index (χ1v) is 9.70. The Morgan fingerprint density at radius 1 is 1.45 bits per heavy atom. The van der Waals surface area contributed by atoms with E-state index in [9.17, 15) is 8.42 Å². The van der Waals surface area contributed by atoms with E-state index >= 15 is 0 Å². The summed E-state index contributed by atoms with van der Waals surface area (Å²) in [6.45, 7) is 2.37. The first kappa shape index (κ1) is 17.7. The highest BCUT2D eigenvalue weighted by atomic mass is 79.9. The third-order valence-electron chi connectivity index (χ3n) is 4.58. The van der Waals surface area contributed by atoms with E-state index < -0.39 is 15.6 Å². The molecule has 1 aromatic carbocycles. The predicted octanol–water partition coefficient (Wildman–Crippen LogP) is 2.64. The van der Waals surface area contributed by atoms with Gasteiger partial charge >= 0.3 is 0 Å². The van der Waals surface area contributed by atoms with Gasteiger partial charge in [-0.15, -0.1) is 0 Å². The Morgan fingerprint density at radius 3 is 2.73 bits per heavy atom. The van der Waals surface area contributed by atoms with E-state index in [0.717, 1.165) is 25.7 Å². The van der Waals surface area contributed by atoms with Crippen LogP contribution in [-0.4, -0.2) is 27.6 Å². The lowest BCUT2D eigenvalue weighted by molar-refractivity contribution is 0.191. The molecule has 0 aliphatic heterocycles. The van der Waals surface area contributed by atoms with Crippen molar-refractivity contribution in [2.24, 2.45) is 11.7 Å². The molecule has 2 unspecified atom stereocenters. The van der Waals surface area contributed by atoms with Crippen molar-refractivity contribution in [1.29, 1.82) is 0 Å². The minimum Gasteiger partial charge on any atom is -0.497 e. The van der Waals surface area contributed by atoms with E-state index in [4.69, 9.17) is 10.5 Å². The molecule has 1 aromatic rings. The lowest BCUT2D eigenvalue weighted by atomic mass is 9.74. The second-order valence-corrected chi connectivity index (χ2v) is 8.41. The molecule has 1 aliphatic carbocycles. The molecule has 0 heterocycles. The van der Waals surface area contributed by atoms with Crippen LogP contribution in [0.2, 0.25) is 0 Å². The summed E-state index contributed by atoms with van der Waals surface area (Å²) < 4.78 is 34.1. The summed E-state index contributed by atoms with van der Waals surface area (Å²) in [6, 6.07) is 4.83. The van der Waals surface area contributed by atoms with Crippen LogP contribution in [0.15, 0.2) is 27.6 Å². The summed E-state index contributed by atoms with van der Waals surface area (Å²) in [5.41, 5.74) is 5.38. The maximum absolute atomic E-state index is 12.8. The van der Waals surface area contributed by atoms with Crippen LogP contribution in [-0.2, 0) is 10.0 Å². The SMILES string of the molecule is COc1ccc(S(=O)(=O)NC2(CN)CCCCC2C)c(Br)c1. The standard InChI is InChI=1S/C15H23BrN2O3S/c1-11-5-3-4-8-15(11,10-17)18-22(19,20)14-7-6-12(21-2)9-13(14)16/h6-7,9,11,18H,3-5,8,10,17H2,1-2H3. The maximum atomic E-state index is 12.8. The number of hydrogen-bond acceptors (Lipinski definition) is 4. The molecule has 7 heteroatoms. The lowest BCUT2D eigenvalue weighted by Gasteiger charge is -2.42. The number of halogens is 1. The third kappa shape index (κ3) is 3.48. The third-order valence-corrected chi connectivity index (χ3v) is 7.11. The first-order valence-electron chi connectivity index (χ1n) is 7.42. The molecule has 1 aliphatic rings. The molecule has 22 heavy (non-hydrogen) atoms. The van der Waals surface area contributed by atoms with Gasteiger partial charge in [-0.25, -0.2) is 13.1 Å². The highest BCUT2D eigenvalue weighted by Gasteiger charge is 2.40. The molecule has 0 spiro atoms. The highest BCUT2D eigenvalue weighted by molar-refractivity contribution is 9.10. The van der Waals surface area contributed by atoms with Crippen molar-refractivity contribution in [3.05, 3.63) is 22.7 Å². The van der Waals surface area contributed by atoms with Gasteiger partial charge in [0.1, 0.15) is 5.75 Å². The van der Waals surface area contributed by atoms with Crippen LogP contribution in [0.25, 0.3) is 0 Å². The van der Waals surface area contributed by atoms with Crippen LogP contribution in [0.1, 0.15) is 32.6 Å². The second-order valence-electron chi connectivity index (χ2n) is 5.91. The average molecular weight is 391 g/mol. The molecule has 1 saturated carbocycles. The fraction of sp³-hybridized carbons (Fsp3) is 0.600. The molecule has 3 N–H and O–H groups in total. The topological polar surface area (TPSA) is 81.4 Å². The van der Waals surface area contributed by atoms with Gasteiger partial charge in [0.05, 0.1) is 12.0 Å². The van der Waals surface area contributed by atoms with Gasteiger partial charge in [-0.3, -0.25) is 0 Å². The summed E-state index contributed by atoms with van der Waals surface area (Å²) >= 11 is 3.31. The van der Waals surface area contributed by atoms with E-state index in [1.165, 1.54) is 0 Å². The molecule has 1 fully saturated rings. The number of hydrogen-bond donors (Lipinski definition) is 2. The number of sulfonamides is 1. The van der Waals surface area contributed by atoms with E-state index in [-0.39, 0.29) is 10.8 Å². The zero-order chi connectivity index (χ0) is 16.4. The zero-order valence-electron chi connectivity index (χ0n) is 12.9. The molecule has 0 saturated heterocycles. The van der Waals surface area contributed by atoms with E-state index in [1.807, 2.05) is 0 Å². The fourth-order valence-corrected chi connectivity index (χ4v) is 5.65. The number of ether oxygens (including phenoxy) is 1. The molecule has 0 aromatic heterocycles. The van der Waals surface area contributed by atoms with Crippen molar-refractivity contribution in [2.45, 2.75) is 43.0 Å². The molecule has 0 amide bonds. The van der Waals surface area contributed by atoms with Crippen LogP contribution in [0, 0.1) is 5.92 Å². The zero-order valence-corrected chi connectivity index (χ0v) is 15.3. The van der Waals surface area contributed by atoms with Crippen LogP contribution in [0.5, 0.6) is 5.75 Å². The van der Waals surface area contributed by atoms with Crippen molar-refractivity contribution >= 4 is 26.0 Å². The van der Waals surface area contributed by atoms with E-state index in [2.05, 4.69) is 27.6 Å². The number of nitrogens with two attached hydrogens (primary N) is 1. The van der Waals surface area contributed by atoms with Gasteiger partial charge < -0.3 is 10.5 Å². The Morgan fingerprint density at radius 2 is 2.18 bits per heavy atom. The number of nitrogens with one attached hydrogen (secondary N) is 1. The average Bonchev–Trinajstić information content (AvgIpc) is 2.49. The van der Waals surface area contributed by atoms with Crippen LogP contribution in [0.3, 0.4) is 0 Å². The molecule has 0 radical (unpaired) electrons. The van der Waals surface area contributed by atoms with Crippen LogP contribution < -0.4 is 15.2 Å². The Bertz CT molecular complexity index is 636. The van der Waals surface area contributed by atoms with Gasteiger partial charge in [0.25, 0.3) is 0 Å². The number of methoxy groups -OCH3 is 1. The van der Waals surface area contributed by atoms with Gasteiger partial charge in [0.2, 0.25) is 10.0 Å². The van der Waals surface area contributed by atoms with E-state index in [1.54, 1.807) is 25.3 Å². The molecule has 5 nitrogen and oxygen atoms in total. The van der Waals surface area contributed by atoms with Gasteiger partial charge in [-0.1, -0.05) is 19.8 Å². The summed E-state index contributed by atoms with van der Waals surface area (Å²) in [5.74, 6) is 0.823. The summed E-state index contributed by atoms with van der Waals surface area (Å²) in [4.78, 5) is 0.207. The maximum Gasteiger partial charge on any atom is 0.242 e.